The molecule has 3 aromatic carbocycles. The zero-order valence-electron chi connectivity index (χ0n) is 16.9. The summed E-state index contributed by atoms with van der Waals surface area (Å²) in [6.45, 7) is 0.265. The van der Waals surface area contributed by atoms with Crippen LogP contribution in [0.25, 0.3) is 6.08 Å². The molecular formula is C24H18FNO4S2. The van der Waals surface area contributed by atoms with Crippen molar-refractivity contribution in [3.63, 3.8) is 0 Å². The van der Waals surface area contributed by atoms with E-state index in [1.165, 1.54) is 48.0 Å². The number of ether oxygens (including phenoxy) is 2. The molecule has 1 aliphatic heterocycles. The van der Waals surface area contributed by atoms with Gasteiger partial charge in [-0.2, -0.15) is 0 Å². The number of phenols is 1. The van der Waals surface area contributed by atoms with Crippen molar-refractivity contribution >= 4 is 46.0 Å². The molecule has 0 atom stereocenters. The van der Waals surface area contributed by atoms with Crippen LogP contribution in [0.1, 0.15) is 11.1 Å². The van der Waals surface area contributed by atoms with E-state index in [-0.39, 0.29) is 24.1 Å². The second-order valence-electron chi connectivity index (χ2n) is 6.86. The molecule has 1 heterocycles. The molecule has 0 spiro atoms. The van der Waals surface area contributed by atoms with Crippen molar-refractivity contribution in [3.05, 3.63) is 88.6 Å². The van der Waals surface area contributed by atoms with Gasteiger partial charge in [-0.05, 0) is 65.7 Å². The Morgan fingerprint density at radius 1 is 1.06 bits per heavy atom. The number of hydrogen-bond donors (Lipinski definition) is 1. The molecule has 5 nitrogen and oxygen atoms in total. The highest BCUT2D eigenvalue weighted by Gasteiger charge is 2.33. The van der Waals surface area contributed by atoms with Gasteiger partial charge in [0.15, 0.2) is 15.8 Å². The van der Waals surface area contributed by atoms with E-state index in [0.717, 1.165) is 11.1 Å². The number of aromatic hydroxyl groups is 1. The molecule has 4 rings (SSSR count). The third kappa shape index (κ3) is 4.76. The van der Waals surface area contributed by atoms with Crippen LogP contribution < -0.4 is 14.4 Å². The average Bonchev–Trinajstić information content (AvgIpc) is 3.07. The monoisotopic (exact) mass is 467 g/mol. The first-order valence-electron chi connectivity index (χ1n) is 9.57. The van der Waals surface area contributed by atoms with Crippen LogP contribution in [0.15, 0.2) is 71.6 Å². The van der Waals surface area contributed by atoms with E-state index in [1.807, 2.05) is 6.07 Å². The van der Waals surface area contributed by atoms with Crippen molar-refractivity contribution in [1.82, 2.24) is 0 Å². The number of rotatable bonds is 6. The van der Waals surface area contributed by atoms with Gasteiger partial charge >= 0.3 is 0 Å². The number of nitrogens with zero attached hydrogens (tertiary/aromatic N) is 1. The maximum absolute atomic E-state index is 13.1. The fraction of sp³-hybridized carbons (Fsp3) is 0.0833. The summed E-state index contributed by atoms with van der Waals surface area (Å²) in [6, 6.07) is 17.7. The van der Waals surface area contributed by atoms with Crippen LogP contribution in [0.2, 0.25) is 0 Å². The number of phenolic OH excluding ortho intramolecular Hbond substituents is 1. The van der Waals surface area contributed by atoms with Crippen LogP contribution in [0.3, 0.4) is 0 Å². The summed E-state index contributed by atoms with van der Waals surface area (Å²) in [5.41, 5.74) is 2.17. The Morgan fingerprint density at radius 2 is 1.78 bits per heavy atom. The number of methoxy groups -OCH3 is 1. The van der Waals surface area contributed by atoms with Gasteiger partial charge in [-0.3, -0.25) is 9.69 Å². The van der Waals surface area contributed by atoms with Crippen LogP contribution in [0, 0.1) is 5.82 Å². The van der Waals surface area contributed by atoms with Gasteiger partial charge in [0.1, 0.15) is 18.2 Å². The first kappa shape index (κ1) is 21.9. The average molecular weight is 468 g/mol. The molecule has 8 heteroatoms. The predicted molar refractivity (Wildman–Crippen MR) is 127 cm³/mol. The maximum Gasteiger partial charge on any atom is 0.270 e. The van der Waals surface area contributed by atoms with Crippen molar-refractivity contribution in [2.75, 3.05) is 12.0 Å². The second-order valence-corrected chi connectivity index (χ2v) is 8.53. The topological polar surface area (TPSA) is 59.0 Å². The third-order valence-electron chi connectivity index (χ3n) is 4.69. The van der Waals surface area contributed by atoms with Crippen molar-refractivity contribution in [2.24, 2.45) is 0 Å². The van der Waals surface area contributed by atoms with E-state index >= 15 is 0 Å². The lowest BCUT2D eigenvalue weighted by Gasteiger charge is -2.14. The Kier molecular flexibility index (Phi) is 6.43. The lowest BCUT2D eigenvalue weighted by molar-refractivity contribution is -0.113. The molecule has 1 aliphatic rings. The minimum absolute atomic E-state index is 0.114. The molecule has 0 saturated carbocycles. The summed E-state index contributed by atoms with van der Waals surface area (Å²) in [6.07, 6.45) is 1.74. The first-order valence-corrected chi connectivity index (χ1v) is 10.8. The normalized spacial score (nSPS) is 14.8. The number of halogens is 1. The van der Waals surface area contributed by atoms with Crippen molar-refractivity contribution in [3.8, 4) is 17.2 Å². The molecule has 3 aromatic rings. The highest BCUT2D eigenvalue weighted by atomic mass is 32.2. The molecule has 1 amide bonds. The summed E-state index contributed by atoms with van der Waals surface area (Å²) in [4.78, 5) is 14.8. The van der Waals surface area contributed by atoms with E-state index < -0.39 is 0 Å². The lowest BCUT2D eigenvalue weighted by Crippen LogP contribution is -2.27. The first-order chi connectivity index (χ1) is 15.4. The van der Waals surface area contributed by atoms with Crippen LogP contribution in [-0.4, -0.2) is 22.4 Å². The molecule has 0 unspecified atom stereocenters. The Morgan fingerprint density at radius 3 is 2.47 bits per heavy atom. The van der Waals surface area contributed by atoms with Gasteiger partial charge in [0.2, 0.25) is 0 Å². The maximum atomic E-state index is 13.1. The fourth-order valence-electron chi connectivity index (χ4n) is 3.08. The Balaban J connectivity index is 1.52. The number of benzene rings is 3. The zero-order chi connectivity index (χ0) is 22.7. The van der Waals surface area contributed by atoms with Crippen molar-refractivity contribution in [1.29, 1.82) is 0 Å². The zero-order valence-corrected chi connectivity index (χ0v) is 18.6. The molecule has 32 heavy (non-hydrogen) atoms. The summed E-state index contributed by atoms with van der Waals surface area (Å²) in [7, 11) is 1.54. The van der Waals surface area contributed by atoms with Gasteiger partial charge in [-0.25, -0.2) is 4.39 Å². The second kappa shape index (κ2) is 9.42. The summed E-state index contributed by atoms with van der Waals surface area (Å²) < 4.78 is 24.7. The summed E-state index contributed by atoms with van der Waals surface area (Å²) >= 11 is 6.59. The molecular weight excluding hydrogens is 449 g/mol. The molecule has 0 radical (unpaired) electrons. The van der Waals surface area contributed by atoms with E-state index in [4.69, 9.17) is 21.7 Å². The molecule has 0 aromatic heterocycles. The molecule has 1 N–H and O–H groups in total. The number of amides is 1. The quantitative estimate of drug-likeness (QED) is 0.380. The van der Waals surface area contributed by atoms with Gasteiger partial charge in [0, 0.05) is 0 Å². The standard InChI is InChI=1S/C24H18FNO4S2/c1-29-21-12-16(4-11-20(21)30-14-15-2-5-17(25)6-3-15)13-22-23(28)26(24(31)32-22)18-7-9-19(27)10-8-18/h2-13,27H,14H2,1H3/b22-13+. The number of carbonyl (C=O) groups is 1. The van der Waals surface area contributed by atoms with Crippen molar-refractivity contribution < 1.29 is 23.8 Å². The molecule has 1 fully saturated rings. The van der Waals surface area contributed by atoms with Crippen LogP contribution in [-0.2, 0) is 11.4 Å². The highest BCUT2D eigenvalue weighted by Crippen LogP contribution is 2.37. The minimum Gasteiger partial charge on any atom is -0.508 e. The lowest BCUT2D eigenvalue weighted by atomic mass is 10.1. The van der Waals surface area contributed by atoms with Gasteiger partial charge in [-0.15, -0.1) is 0 Å². The largest absolute Gasteiger partial charge is 0.508 e. The van der Waals surface area contributed by atoms with E-state index in [1.54, 1.807) is 42.5 Å². The van der Waals surface area contributed by atoms with Gasteiger partial charge in [0.05, 0.1) is 17.7 Å². The Hall–Kier alpha value is -3.36. The van der Waals surface area contributed by atoms with Gasteiger partial charge < -0.3 is 14.6 Å². The number of carbonyl (C=O) groups excluding carboxylic acids is 1. The smallest absolute Gasteiger partial charge is 0.270 e. The summed E-state index contributed by atoms with van der Waals surface area (Å²) in [5, 5.41) is 9.47. The number of thioether (sulfide) groups is 1. The number of thiocarbonyl (C=S) groups is 1. The summed E-state index contributed by atoms with van der Waals surface area (Å²) in [5.74, 6) is 0.622. The van der Waals surface area contributed by atoms with Crippen LogP contribution in [0.5, 0.6) is 17.2 Å². The number of anilines is 1. The highest BCUT2D eigenvalue weighted by molar-refractivity contribution is 8.27. The minimum atomic E-state index is -0.300. The SMILES string of the molecule is COc1cc(/C=C2/SC(=S)N(c3ccc(O)cc3)C2=O)ccc1OCc1ccc(F)cc1. The van der Waals surface area contributed by atoms with Gasteiger partial charge in [0.25, 0.3) is 5.91 Å². The van der Waals surface area contributed by atoms with Gasteiger partial charge in [-0.1, -0.05) is 42.2 Å². The third-order valence-corrected chi connectivity index (χ3v) is 6.00. The van der Waals surface area contributed by atoms with E-state index in [9.17, 15) is 14.3 Å². The molecule has 1 saturated heterocycles. The molecule has 162 valence electrons. The predicted octanol–water partition coefficient (Wildman–Crippen LogP) is 5.52. The van der Waals surface area contributed by atoms with Crippen LogP contribution >= 0.6 is 24.0 Å². The molecule has 0 aliphatic carbocycles. The Bertz CT molecular complexity index is 1190. The van der Waals surface area contributed by atoms with Crippen molar-refractivity contribution in [2.45, 2.75) is 6.61 Å². The van der Waals surface area contributed by atoms with Crippen LogP contribution in [0.4, 0.5) is 10.1 Å². The fourth-order valence-corrected chi connectivity index (χ4v) is 4.38. The van der Waals surface area contributed by atoms with E-state index in [2.05, 4.69) is 0 Å². The molecule has 0 bridgehead atoms. The Labute approximate surface area is 194 Å². The van der Waals surface area contributed by atoms with E-state index in [0.29, 0.717) is 26.4 Å². The number of hydrogen-bond acceptors (Lipinski definition) is 6.